The van der Waals surface area contributed by atoms with Gasteiger partial charge in [-0.05, 0) is 34.0 Å². The van der Waals surface area contributed by atoms with Crippen LogP contribution >= 0.6 is 28.1 Å². The Labute approximate surface area is 135 Å². The van der Waals surface area contributed by atoms with Crippen LogP contribution in [0.25, 0.3) is 0 Å². The summed E-state index contributed by atoms with van der Waals surface area (Å²) >= 11 is 8.75. The third-order valence-corrected chi connectivity index (χ3v) is 4.44. The molecule has 0 spiro atoms. The minimum Gasteiger partial charge on any atom is -0.389 e. The van der Waals surface area contributed by atoms with Crippen molar-refractivity contribution in [3.63, 3.8) is 0 Å². The molecule has 0 saturated carbocycles. The van der Waals surface area contributed by atoms with Gasteiger partial charge in [-0.15, -0.1) is 0 Å². The molecule has 0 amide bonds. The number of nitrogens with zero attached hydrogens (tertiary/aromatic N) is 2. The average Bonchev–Trinajstić information content (AvgIpc) is 2.38. The van der Waals surface area contributed by atoms with Gasteiger partial charge >= 0.3 is 0 Å². The van der Waals surface area contributed by atoms with E-state index < -0.39 is 0 Å². The number of benzene rings is 1. The van der Waals surface area contributed by atoms with Crippen LogP contribution in [-0.4, -0.2) is 42.6 Å². The molecule has 0 unspecified atom stereocenters. The second kappa shape index (κ2) is 6.87. The molecule has 0 aliphatic carbocycles. The Morgan fingerprint density at radius 3 is 2.50 bits per heavy atom. The van der Waals surface area contributed by atoms with Crippen molar-refractivity contribution in [3.8, 4) is 0 Å². The fourth-order valence-electron chi connectivity index (χ4n) is 2.71. The van der Waals surface area contributed by atoms with Crippen molar-refractivity contribution >= 4 is 38.8 Å². The minimum absolute atomic E-state index is 0.456. The summed E-state index contributed by atoms with van der Waals surface area (Å²) in [6.07, 6.45) is 0. The highest BCUT2D eigenvalue weighted by Crippen LogP contribution is 2.28. The van der Waals surface area contributed by atoms with Crippen LogP contribution in [0, 0.1) is 5.92 Å². The lowest BCUT2D eigenvalue weighted by Gasteiger charge is -2.37. The van der Waals surface area contributed by atoms with E-state index in [-0.39, 0.29) is 0 Å². The van der Waals surface area contributed by atoms with Gasteiger partial charge in [0, 0.05) is 48.4 Å². The van der Waals surface area contributed by atoms with Crippen molar-refractivity contribution in [2.45, 2.75) is 13.8 Å². The molecule has 1 aliphatic rings. The number of nitrogens with two attached hydrogens (primary N) is 1. The zero-order valence-corrected chi connectivity index (χ0v) is 14.5. The summed E-state index contributed by atoms with van der Waals surface area (Å²) in [7, 11) is 0. The predicted molar refractivity (Wildman–Crippen MR) is 93.5 cm³/mol. The summed E-state index contributed by atoms with van der Waals surface area (Å²) in [6, 6.07) is 6.14. The number of piperazine rings is 1. The molecule has 110 valence electrons. The number of hydrogen-bond donors (Lipinski definition) is 1. The van der Waals surface area contributed by atoms with Crippen molar-refractivity contribution in [3.05, 3.63) is 28.2 Å². The quantitative estimate of drug-likeness (QED) is 0.841. The van der Waals surface area contributed by atoms with E-state index in [1.165, 1.54) is 6.54 Å². The Balaban J connectivity index is 2.11. The van der Waals surface area contributed by atoms with Gasteiger partial charge in [0.05, 0.1) is 0 Å². The Kier molecular flexibility index (Phi) is 5.41. The normalized spacial score (nSPS) is 16.7. The summed E-state index contributed by atoms with van der Waals surface area (Å²) in [5.74, 6) is 0.722. The highest BCUT2D eigenvalue weighted by Gasteiger charge is 2.21. The van der Waals surface area contributed by atoms with Crippen LogP contribution < -0.4 is 10.6 Å². The van der Waals surface area contributed by atoms with Crippen LogP contribution in [0.4, 0.5) is 5.69 Å². The molecule has 1 aromatic rings. The molecular formula is C15H22BrN3S. The SMILES string of the molecule is CC(C)CN1CCN(c2cccc(Br)c2C(N)=S)CC1. The lowest BCUT2D eigenvalue weighted by molar-refractivity contribution is 0.231. The number of thiocarbonyl (C=S) groups is 1. The maximum absolute atomic E-state index is 5.88. The van der Waals surface area contributed by atoms with E-state index in [1.54, 1.807) is 0 Å². The van der Waals surface area contributed by atoms with E-state index in [4.69, 9.17) is 18.0 Å². The summed E-state index contributed by atoms with van der Waals surface area (Å²) in [5, 5.41) is 0. The molecule has 1 saturated heterocycles. The number of rotatable bonds is 4. The largest absolute Gasteiger partial charge is 0.389 e. The van der Waals surface area contributed by atoms with E-state index in [9.17, 15) is 0 Å². The topological polar surface area (TPSA) is 32.5 Å². The molecule has 2 rings (SSSR count). The lowest BCUT2D eigenvalue weighted by atomic mass is 10.1. The van der Waals surface area contributed by atoms with E-state index >= 15 is 0 Å². The molecule has 0 radical (unpaired) electrons. The molecule has 5 heteroatoms. The number of anilines is 1. The van der Waals surface area contributed by atoms with Gasteiger partial charge in [0.1, 0.15) is 4.99 Å². The second-order valence-electron chi connectivity index (χ2n) is 5.68. The maximum atomic E-state index is 5.88. The first kappa shape index (κ1) is 15.7. The first-order chi connectivity index (χ1) is 9.49. The van der Waals surface area contributed by atoms with Gasteiger partial charge in [-0.25, -0.2) is 0 Å². The Hall–Kier alpha value is -0.650. The molecule has 0 atom stereocenters. The zero-order valence-electron chi connectivity index (χ0n) is 12.1. The van der Waals surface area contributed by atoms with E-state index in [0.717, 1.165) is 47.8 Å². The molecular weight excluding hydrogens is 334 g/mol. The first-order valence-electron chi connectivity index (χ1n) is 7.04. The monoisotopic (exact) mass is 355 g/mol. The Bertz CT molecular complexity index is 482. The fraction of sp³-hybridized carbons (Fsp3) is 0.533. The van der Waals surface area contributed by atoms with Crippen molar-refractivity contribution in [2.24, 2.45) is 11.7 Å². The lowest BCUT2D eigenvalue weighted by Crippen LogP contribution is -2.47. The van der Waals surface area contributed by atoms with Gasteiger partial charge in [-0.2, -0.15) is 0 Å². The summed E-state index contributed by atoms with van der Waals surface area (Å²) in [6.45, 7) is 9.96. The van der Waals surface area contributed by atoms with Crippen LogP contribution in [-0.2, 0) is 0 Å². The molecule has 2 N–H and O–H groups in total. The van der Waals surface area contributed by atoms with Gasteiger partial charge in [0.15, 0.2) is 0 Å². The van der Waals surface area contributed by atoms with Crippen LogP contribution in [0.2, 0.25) is 0 Å². The fourth-order valence-corrected chi connectivity index (χ4v) is 3.62. The van der Waals surface area contributed by atoms with Gasteiger partial charge in [0.25, 0.3) is 0 Å². The van der Waals surface area contributed by atoms with Crippen molar-refractivity contribution in [2.75, 3.05) is 37.6 Å². The van der Waals surface area contributed by atoms with Gasteiger partial charge in [-0.3, -0.25) is 4.90 Å². The maximum Gasteiger partial charge on any atom is 0.107 e. The van der Waals surface area contributed by atoms with Gasteiger partial charge < -0.3 is 10.6 Å². The van der Waals surface area contributed by atoms with Crippen LogP contribution in [0.1, 0.15) is 19.4 Å². The van der Waals surface area contributed by atoms with Crippen LogP contribution in [0.3, 0.4) is 0 Å². The Morgan fingerprint density at radius 1 is 1.30 bits per heavy atom. The van der Waals surface area contributed by atoms with Crippen molar-refractivity contribution < 1.29 is 0 Å². The van der Waals surface area contributed by atoms with E-state index in [2.05, 4.69) is 45.6 Å². The zero-order chi connectivity index (χ0) is 14.7. The number of halogens is 1. The van der Waals surface area contributed by atoms with Gasteiger partial charge in [-0.1, -0.05) is 32.1 Å². The summed E-state index contributed by atoms with van der Waals surface area (Å²) in [5.41, 5.74) is 7.99. The first-order valence-corrected chi connectivity index (χ1v) is 8.24. The molecule has 0 bridgehead atoms. The smallest absolute Gasteiger partial charge is 0.107 e. The molecule has 1 heterocycles. The highest BCUT2D eigenvalue weighted by molar-refractivity contribution is 9.10. The predicted octanol–water partition coefficient (Wildman–Crippen LogP) is 2.86. The molecule has 0 aromatic heterocycles. The summed E-state index contributed by atoms with van der Waals surface area (Å²) in [4.78, 5) is 5.37. The van der Waals surface area contributed by atoms with Crippen LogP contribution in [0.15, 0.2) is 22.7 Å². The van der Waals surface area contributed by atoms with E-state index in [0.29, 0.717) is 4.99 Å². The standard InChI is InChI=1S/C15H22BrN3S/c1-11(2)10-18-6-8-19(9-7-18)13-5-3-4-12(16)14(13)15(17)20/h3-5,11H,6-10H2,1-2H3,(H2,17,20). The Morgan fingerprint density at radius 2 is 1.95 bits per heavy atom. The average molecular weight is 356 g/mol. The molecule has 20 heavy (non-hydrogen) atoms. The number of hydrogen-bond acceptors (Lipinski definition) is 3. The third kappa shape index (κ3) is 3.71. The van der Waals surface area contributed by atoms with Gasteiger partial charge in [0.2, 0.25) is 0 Å². The molecule has 1 fully saturated rings. The molecule has 1 aromatic carbocycles. The van der Waals surface area contributed by atoms with Crippen molar-refractivity contribution in [1.29, 1.82) is 0 Å². The highest BCUT2D eigenvalue weighted by atomic mass is 79.9. The summed E-state index contributed by atoms with van der Waals surface area (Å²) < 4.78 is 0.979. The second-order valence-corrected chi connectivity index (χ2v) is 6.97. The van der Waals surface area contributed by atoms with E-state index in [1.807, 2.05) is 12.1 Å². The van der Waals surface area contributed by atoms with Crippen molar-refractivity contribution in [1.82, 2.24) is 4.90 Å². The minimum atomic E-state index is 0.456. The third-order valence-electron chi connectivity index (χ3n) is 3.57. The van der Waals surface area contributed by atoms with Crippen LogP contribution in [0.5, 0.6) is 0 Å². The molecule has 3 nitrogen and oxygen atoms in total. The molecule has 1 aliphatic heterocycles.